The van der Waals surface area contributed by atoms with E-state index in [0.717, 1.165) is 0 Å². The summed E-state index contributed by atoms with van der Waals surface area (Å²) in [6.45, 7) is 9.95. The highest BCUT2D eigenvalue weighted by Crippen LogP contribution is 2.73. The molecule has 8 heteroatoms. The van der Waals surface area contributed by atoms with Gasteiger partial charge in [-0.25, -0.2) is 0 Å². The molecule has 8 nitrogen and oxygen atoms in total. The van der Waals surface area contributed by atoms with Crippen molar-refractivity contribution in [3.63, 3.8) is 0 Å². The van der Waals surface area contributed by atoms with Crippen LogP contribution in [0.15, 0.2) is 0 Å². The Labute approximate surface area is 188 Å². The van der Waals surface area contributed by atoms with Crippen molar-refractivity contribution < 1.29 is 39.1 Å². The minimum atomic E-state index is -1.54. The number of ether oxygens (including phenoxy) is 3. The standard InChI is InChI=1S/C24H36O8/c1-11(25)30-15-9-23-10-21(5,27)13(18(23)31-12(2)26)7-8-14(23)22(6,28)17-16-19(32-16)20(3,4)24(15,17)29/h13-19,27-29H,7-10H2,1-6H3/t13?,14?,15?,16?,17?,18?,19?,21-,22-,23+,24-/m1/s1. The smallest absolute Gasteiger partial charge is 0.303 e. The molecule has 0 aromatic carbocycles. The van der Waals surface area contributed by atoms with Crippen LogP contribution in [0.1, 0.15) is 67.2 Å². The van der Waals surface area contributed by atoms with E-state index < -0.39 is 57.7 Å². The molecule has 1 aliphatic heterocycles. The van der Waals surface area contributed by atoms with Gasteiger partial charge in [0.25, 0.3) is 0 Å². The second-order valence-electron chi connectivity index (χ2n) is 12.1. The molecular formula is C24H36O8. The summed E-state index contributed by atoms with van der Waals surface area (Å²) in [5, 5.41) is 35.9. The van der Waals surface area contributed by atoms with Crippen molar-refractivity contribution >= 4 is 11.9 Å². The van der Waals surface area contributed by atoms with Gasteiger partial charge in [-0.1, -0.05) is 13.8 Å². The number of carbonyl (C=O) groups excluding carboxylic acids is 2. The van der Waals surface area contributed by atoms with Crippen LogP contribution in [0.3, 0.4) is 0 Å². The minimum Gasteiger partial charge on any atom is -0.462 e. The number of esters is 2. The van der Waals surface area contributed by atoms with Crippen molar-refractivity contribution in [1.82, 2.24) is 0 Å². The van der Waals surface area contributed by atoms with Crippen molar-refractivity contribution in [2.75, 3.05) is 0 Å². The number of epoxide rings is 1. The van der Waals surface area contributed by atoms with E-state index in [1.54, 1.807) is 13.8 Å². The molecule has 0 amide bonds. The van der Waals surface area contributed by atoms with Crippen molar-refractivity contribution in [2.45, 2.75) is 108 Å². The van der Waals surface area contributed by atoms with Crippen molar-refractivity contribution in [3.8, 4) is 0 Å². The minimum absolute atomic E-state index is 0.202. The number of fused-ring (bicyclic) bond motifs is 4. The third kappa shape index (κ3) is 2.53. The first kappa shape index (κ1) is 22.6. The van der Waals surface area contributed by atoms with E-state index in [0.29, 0.717) is 19.3 Å². The van der Waals surface area contributed by atoms with Crippen LogP contribution in [0.5, 0.6) is 0 Å². The largest absolute Gasteiger partial charge is 0.462 e. The molecule has 4 aliphatic carbocycles. The maximum Gasteiger partial charge on any atom is 0.303 e. The van der Waals surface area contributed by atoms with E-state index in [9.17, 15) is 24.9 Å². The van der Waals surface area contributed by atoms with Gasteiger partial charge in [-0.15, -0.1) is 0 Å². The van der Waals surface area contributed by atoms with Crippen molar-refractivity contribution in [2.24, 2.45) is 28.6 Å². The lowest BCUT2D eigenvalue weighted by molar-refractivity contribution is -0.230. The number of hydrogen-bond donors (Lipinski definition) is 3. The fourth-order valence-electron chi connectivity index (χ4n) is 8.91. The van der Waals surface area contributed by atoms with Crippen LogP contribution >= 0.6 is 0 Å². The lowest BCUT2D eigenvalue weighted by atomic mass is 9.57. The monoisotopic (exact) mass is 452 g/mol. The fraction of sp³-hybridized carbons (Fsp3) is 0.917. The molecule has 7 unspecified atom stereocenters. The Morgan fingerprint density at radius 1 is 0.969 bits per heavy atom. The molecule has 3 N–H and O–H groups in total. The molecule has 5 aliphatic rings. The third-order valence-electron chi connectivity index (χ3n) is 9.94. The van der Waals surface area contributed by atoms with E-state index in [4.69, 9.17) is 14.2 Å². The Kier molecular flexibility index (Phi) is 4.41. The zero-order valence-corrected chi connectivity index (χ0v) is 19.8. The van der Waals surface area contributed by atoms with Crippen molar-refractivity contribution in [3.05, 3.63) is 0 Å². The molecular weight excluding hydrogens is 416 g/mol. The summed E-state index contributed by atoms with van der Waals surface area (Å²) in [7, 11) is 0. The van der Waals surface area contributed by atoms with Crippen LogP contribution < -0.4 is 0 Å². The summed E-state index contributed by atoms with van der Waals surface area (Å²) >= 11 is 0. The second kappa shape index (κ2) is 6.26. The first-order valence-corrected chi connectivity index (χ1v) is 11.8. The quantitative estimate of drug-likeness (QED) is 0.423. The summed E-state index contributed by atoms with van der Waals surface area (Å²) in [4.78, 5) is 24.3. The summed E-state index contributed by atoms with van der Waals surface area (Å²) < 4.78 is 17.6. The molecule has 4 saturated carbocycles. The molecule has 5 rings (SSSR count). The van der Waals surface area contributed by atoms with Gasteiger partial charge in [0.15, 0.2) is 0 Å². The maximum absolute atomic E-state index is 12.3. The Bertz CT molecular complexity index is 864. The number of aliphatic hydroxyl groups is 3. The average Bonchev–Trinajstić information content (AvgIpc) is 3.35. The van der Waals surface area contributed by atoms with E-state index in [1.165, 1.54) is 13.8 Å². The molecule has 1 heterocycles. The van der Waals surface area contributed by atoms with Gasteiger partial charge in [0.1, 0.15) is 17.8 Å². The predicted molar refractivity (Wildman–Crippen MR) is 111 cm³/mol. The molecule has 2 bridgehead atoms. The molecule has 11 atom stereocenters. The van der Waals surface area contributed by atoms with E-state index in [-0.39, 0.29) is 30.5 Å². The Balaban J connectivity index is 1.72. The van der Waals surface area contributed by atoms with Gasteiger partial charge in [0, 0.05) is 36.5 Å². The second-order valence-corrected chi connectivity index (χ2v) is 12.1. The number of carbonyl (C=O) groups is 2. The Morgan fingerprint density at radius 2 is 1.59 bits per heavy atom. The first-order chi connectivity index (χ1) is 14.6. The van der Waals surface area contributed by atoms with Gasteiger partial charge in [-0.2, -0.15) is 0 Å². The summed E-state index contributed by atoms with van der Waals surface area (Å²) in [6.07, 6.45) is -0.447. The lowest BCUT2D eigenvalue weighted by Crippen LogP contribution is -2.63. The number of rotatable bonds is 2. The van der Waals surface area contributed by atoms with Gasteiger partial charge in [-0.05, 0) is 45.4 Å². The zero-order chi connectivity index (χ0) is 23.6. The van der Waals surface area contributed by atoms with Gasteiger partial charge in [0.05, 0.1) is 23.4 Å². The molecule has 1 saturated heterocycles. The highest BCUT2D eigenvalue weighted by Gasteiger charge is 2.84. The van der Waals surface area contributed by atoms with Crippen LogP contribution in [0, 0.1) is 28.6 Å². The zero-order valence-electron chi connectivity index (χ0n) is 19.8. The summed E-state index contributed by atoms with van der Waals surface area (Å²) in [5.74, 6) is -2.31. The van der Waals surface area contributed by atoms with Crippen LogP contribution in [0.25, 0.3) is 0 Å². The highest BCUT2D eigenvalue weighted by atomic mass is 16.6. The average molecular weight is 453 g/mol. The van der Waals surface area contributed by atoms with Gasteiger partial charge in [-0.3, -0.25) is 9.59 Å². The van der Waals surface area contributed by atoms with E-state index in [2.05, 4.69) is 0 Å². The molecule has 0 aromatic heterocycles. The molecule has 0 radical (unpaired) electrons. The van der Waals surface area contributed by atoms with Gasteiger partial charge >= 0.3 is 11.9 Å². The normalized spacial score (nSPS) is 57.0. The predicted octanol–water partition coefficient (Wildman–Crippen LogP) is 1.33. The molecule has 180 valence electrons. The third-order valence-corrected chi connectivity index (χ3v) is 9.94. The molecule has 5 fully saturated rings. The summed E-state index contributed by atoms with van der Waals surface area (Å²) in [6, 6.07) is 0. The Hall–Kier alpha value is -1.22. The molecule has 32 heavy (non-hydrogen) atoms. The Morgan fingerprint density at radius 3 is 2.19 bits per heavy atom. The van der Waals surface area contributed by atoms with E-state index in [1.807, 2.05) is 13.8 Å². The van der Waals surface area contributed by atoms with Crippen LogP contribution in [-0.4, -0.2) is 68.5 Å². The van der Waals surface area contributed by atoms with Crippen molar-refractivity contribution in [1.29, 1.82) is 0 Å². The maximum atomic E-state index is 12.3. The summed E-state index contributed by atoms with van der Waals surface area (Å²) in [5.41, 5.74) is -5.65. The topological polar surface area (TPSA) is 126 Å². The highest BCUT2D eigenvalue weighted by molar-refractivity contribution is 5.67. The number of hydrogen-bond acceptors (Lipinski definition) is 8. The van der Waals surface area contributed by atoms with Crippen LogP contribution in [0.2, 0.25) is 0 Å². The SMILES string of the molecule is CC(=O)OC1C2CCC3[C@@](C)(O)C4C5OC5C(C)(C)[C@@]4(O)C(OC(C)=O)C[C@@]13C[C@@]2(C)O. The van der Waals surface area contributed by atoms with E-state index >= 15 is 0 Å². The fourth-order valence-corrected chi connectivity index (χ4v) is 8.91. The van der Waals surface area contributed by atoms with Crippen LogP contribution in [0.4, 0.5) is 0 Å². The molecule has 1 spiro atoms. The van der Waals surface area contributed by atoms with Gasteiger partial charge in [0.2, 0.25) is 0 Å². The van der Waals surface area contributed by atoms with Crippen LogP contribution in [-0.2, 0) is 23.8 Å². The first-order valence-electron chi connectivity index (χ1n) is 11.8. The lowest BCUT2D eigenvalue weighted by Gasteiger charge is -2.52. The van der Waals surface area contributed by atoms with Gasteiger partial charge < -0.3 is 29.5 Å². The molecule has 0 aromatic rings.